The summed E-state index contributed by atoms with van der Waals surface area (Å²) in [6, 6.07) is 8.37. The zero-order chi connectivity index (χ0) is 5.98. The van der Waals surface area contributed by atoms with Gasteiger partial charge in [0.1, 0.15) is 0 Å². The third kappa shape index (κ3) is 2.67. The van der Waals surface area contributed by atoms with E-state index in [0.29, 0.717) is 0 Å². The first kappa shape index (κ1) is 8.71. The summed E-state index contributed by atoms with van der Waals surface area (Å²) in [6.45, 7) is 2.09. The third-order valence-electron chi connectivity index (χ3n) is 1.08. The van der Waals surface area contributed by atoms with Gasteiger partial charge in [-0.2, -0.15) is 0 Å². The van der Waals surface area contributed by atoms with Crippen LogP contribution in [0.2, 0.25) is 0 Å². The van der Waals surface area contributed by atoms with Gasteiger partial charge in [-0.1, -0.05) is 29.8 Å². The van der Waals surface area contributed by atoms with E-state index < -0.39 is 0 Å². The molecule has 1 rings (SSSR count). The highest BCUT2D eigenvalue weighted by Crippen LogP contribution is 1.94. The Labute approximate surface area is 60.4 Å². The van der Waals surface area contributed by atoms with Gasteiger partial charge in [-0.15, -0.1) is 9.24 Å². The van der Waals surface area contributed by atoms with E-state index in [0.717, 1.165) is 0 Å². The summed E-state index contributed by atoms with van der Waals surface area (Å²) >= 11 is 0. The second kappa shape index (κ2) is 3.69. The highest BCUT2D eigenvalue weighted by molar-refractivity contribution is 7.27. The maximum absolute atomic E-state index is 2.65. The summed E-state index contributed by atoms with van der Waals surface area (Å²) in [5.74, 6) is 0. The minimum atomic E-state index is 0. The molecule has 1 unspecified atom stereocenters. The highest BCUT2D eigenvalue weighted by Gasteiger charge is 1.79. The minimum Gasteiger partial charge on any atom is -0.106 e. The van der Waals surface area contributed by atoms with Gasteiger partial charge in [0.15, 0.2) is 0 Å². The van der Waals surface area contributed by atoms with Gasteiger partial charge in [-0.25, -0.2) is 0 Å². The lowest BCUT2D eigenvalue weighted by Crippen LogP contribution is -1.85. The molecule has 0 aliphatic heterocycles. The summed E-state index contributed by atoms with van der Waals surface area (Å²) in [4.78, 5) is 0. The molecule has 0 aliphatic rings. The first-order chi connectivity index (χ1) is 3.79. The maximum Gasteiger partial charge on any atom is 0 e. The Kier molecular flexibility index (Phi) is 3.57. The zero-order valence-corrected chi connectivity index (χ0v) is 6.62. The highest BCUT2D eigenvalue weighted by atomic mass is 31.0. The van der Waals surface area contributed by atoms with E-state index in [1.165, 1.54) is 10.9 Å². The van der Waals surface area contributed by atoms with Crippen molar-refractivity contribution in [2.45, 2.75) is 6.92 Å². The molecule has 0 amide bonds. The molecule has 2 heteroatoms. The molecule has 3 radical (unpaired) electrons. The molecule has 1 aromatic rings. The fourth-order valence-corrected chi connectivity index (χ4v) is 0.759. The van der Waals surface area contributed by atoms with Crippen molar-refractivity contribution in [3.63, 3.8) is 0 Å². The second-order valence-electron chi connectivity index (χ2n) is 1.91. The van der Waals surface area contributed by atoms with Crippen LogP contribution in [-0.4, -0.2) is 8.41 Å². The molecule has 0 saturated carbocycles. The summed E-state index contributed by atoms with van der Waals surface area (Å²) in [6.07, 6.45) is 0. The Morgan fingerprint density at radius 2 is 1.56 bits per heavy atom. The topological polar surface area (TPSA) is 0 Å². The molecule has 0 spiro atoms. The zero-order valence-electron chi connectivity index (χ0n) is 5.46. The Morgan fingerprint density at radius 1 is 1.11 bits per heavy atom. The van der Waals surface area contributed by atoms with Crippen LogP contribution in [0.15, 0.2) is 24.3 Å². The molecule has 9 heavy (non-hydrogen) atoms. The molecule has 0 saturated heterocycles. The summed E-state index contributed by atoms with van der Waals surface area (Å²) in [7, 11) is 2.65. The van der Waals surface area contributed by atoms with Gasteiger partial charge in [-0.05, 0) is 12.2 Å². The molecule has 0 bridgehead atoms. The van der Waals surface area contributed by atoms with Gasteiger partial charge < -0.3 is 0 Å². The Morgan fingerprint density at radius 3 is 1.89 bits per heavy atom. The van der Waals surface area contributed by atoms with Crippen LogP contribution in [0.25, 0.3) is 0 Å². The Hall–Kier alpha value is -0.285. The van der Waals surface area contributed by atoms with Crippen LogP contribution in [0.1, 0.15) is 5.56 Å². The predicted molar refractivity (Wildman–Crippen MR) is 46.3 cm³/mol. The van der Waals surface area contributed by atoms with Crippen molar-refractivity contribution >= 4 is 23.0 Å². The average molecular weight is 135 g/mol. The fourth-order valence-electron chi connectivity index (χ4n) is 0.566. The van der Waals surface area contributed by atoms with E-state index >= 15 is 0 Å². The number of rotatable bonds is 0. The SMILES string of the molecule is Cc1ccc(P)cc1.[B]. The molecule has 0 aromatic heterocycles. The lowest BCUT2D eigenvalue weighted by Gasteiger charge is -1.89. The second-order valence-corrected chi connectivity index (χ2v) is 2.58. The first-order valence-corrected chi connectivity index (χ1v) is 3.19. The van der Waals surface area contributed by atoms with Crippen LogP contribution in [-0.2, 0) is 0 Å². The van der Waals surface area contributed by atoms with Gasteiger partial charge in [0.2, 0.25) is 0 Å². The van der Waals surface area contributed by atoms with Crippen LogP contribution in [0.4, 0.5) is 0 Å². The predicted octanol–water partition coefficient (Wildman–Crippen LogP) is 1.11. The van der Waals surface area contributed by atoms with Crippen molar-refractivity contribution in [2.75, 3.05) is 0 Å². The molecule has 0 aliphatic carbocycles. The van der Waals surface area contributed by atoms with Gasteiger partial charge in [0, 0.05) is 8.41 Å². The van der Waals surface area contributed by atoms with Crippen molar-refractivity contribution in [1.29, 1.82) is 0 Å². The summed E-state index contributed by atoms with van der Waals surface area (Å²) < 4.78 is 0. The summed E-state index contributed by atoms with van der Waals surface area (Å²) in [5.41, 5.74) is 1.32. The minimum absolute atomic E-state index is 0. The van der Waals surface area contributed by atoms with Crippen molar-refractivity contribution in [1.82, 2.24) is 0 Å². The first-order valence-electron chi connectivity index (χ1n) is 2.61. The molecular weight excluding hydrogens is 126 g/mol. The van der Waals surface area contributed by atoms with E-state index in [-0.39, 0.29) is 8.41 Å². The van der Waals surface area contributed by atoms with Crippen LogP contribution >= 0.6 is 9.24 Å². The lowest BCUT2D eigenvalue weighted by atomic mass is 10.2. The summed E-state index contributed by atoms with van der Waals surface area (Å²) in [5, 5.41) is 1.25. The molecule has 0 N–H and O–H groups in total. The monoisotopic (exact) mass is 135 g/mol. The molecule has 45 valence electrons. The van der Waals surface area contributed by atoms with Crippen molar-refractivity contribution in [3.8, 4) is 0 Å². The number of aryl methyl sites for hydroxylation is 1. The number of hydrogen-bond acceptors (Lipinski definition) is 0. The van der Waals surface area contributed by atoms with Crippen LogP contribution in [0.5, 0.6) is 0 Å². The van der Waals surface area contributed by atoms with Crippen LogP contribution in [0.3, 0.4) is 0 Å². The average Bonchev–Trinajstić information content (AvgIpc) is 1.77. The van der Waals surface area contributed by atoms with Crippen LogP contribution < -0.4 is 5.30 Å². The Bertz CT molecular complexity index is 148. The maximum atomic E-state index is 2.65. The van der Waals surface area contributed by atoms with E-state index in [4.69, 9.17) is 0 Å². The molecule has 1 atom stereocenters. The molecule has 0 nitrogen and oxygen atoms in total. The molecule has 0 heterocycles. The van der Waals surface area contributed by atoms with Gasteiger partial charge >= 0.3 is 0 Å². The number of hydrogen-bond donors (Lipinski definition) is 0. The van der Waals surface area contributed by atoms with E-state index in [1.54, 1.807) is 0 Å². The lowest BCUT2D eigenvalue weighted by molar-refractivity contribution is 1.49. The van der Waals surface area contributed by atoms with Crippen molar-refractivity contribution in [2.24, 2.45) is 0 Å². The van der Waals surface area contributed by atoms with E-state index in [9.17, 15) is 0 Å². The van der Waals surface area contributed by atoms with Crippen molar-refractivity contribution in [3.05, 3.63) is 29.8 Å². The fraction of sp³-hybridized carbons (Fsp3) is 0.143. The van der Waals surface area contributed by atoms with Gasteiger partial charge in [0.25, 0.3) is 0 Å². The van der Waals surface area contributed by atoms with Crippen molar-refractivity contribution < 1.29 is 0 Å². The number of benzene rings is 1. The Balaban J connectivity index is 0.000000640. The standard InChI is InChI=1S/C7H9P.B/c1-6-2-4-7(8)5-3-6;/h2-5H,8H2,1H3;. The smallest absolute Gasteiger partial charge is 0 e. The molecule has 0 fully saturated rings. The van der Waals surface area contributed by atoms with Gasteiger partial charge in [0.05, 0.1) is 0 Å². The largest absolute Gasteiger partial charge is 0.106 e. The van der Waals surface area contributed by atoms with E-state index in [1.807, 2.05) is 0 Å². The molecule has 1 aromatic carbocycles. The molecular formula is C7H9BP. The van der Waals surface area contributed by atoms with Crippen LogP contribution in [0, 0.1) is 6.92 Å². The third-order valence-corrected chi connectivity index (χ3v) is 1.46. The quantitative estimate of drug-likeness (QED) is 0.369. The van der Waals surface area contributed by atoms with Gasteiger partial charge in [-0.3, -0.25) is 0 Å². The van der Waals surface area contributed by atoms with E-state index in [2.05, 4.69) is 40.4 Å². The normalized spacial score (nSPS) is 8.22.